The fourth-order valence-corrected chi connectivity index (χ4v) is 3.96. The third-order valence-electron chi connectivity index (χ3n) is 5.85. The molecule has 1 saturated carbocycles. The summed E-state index contributed by atoms with van der Waals surface area (Å²) < 4.78 is 7.88. The Hall–Kier alpha value is -3.81. The van der Waals surface area contributed by atoms with E-state index in [1.54, 1.807) is 30.7 Å². The topological polar surface area (TPSA) is 94.8 Å². The number of anilines is 1. The summed E-state index contributed by atoms with van der Waals surface area (Å²) in [5.41, 5.74) is 3.75. The number of nitrogens with zero attached hydrogens (tertiary/aromatic N) is 5. The summed E-state index contributed by atoms with van der Waals surface area (Å²) in [5.74, 6) is 1.02. The van der Waals surface area contributed by atoms with Gasteiger partial charge < -0.3 is 10.1 Å². The second kappa shape index (κ2) is 8.52. The number of fused-ring (bicyclic) bond motifs is 1. The van der Waals surface area contributed by atoms with Crippen LogP contribution >= 0.6 is 0 Å². The van der Waals surface area contributed by atoms with Gasteiger partial charge in [-0.1, -0.05) is 0 Å². The Morgan fingerprint density at radius 1 is 1.18 bits per heavy atom. The van der Waals surface area contributed by atoms with Crippen molar-refractivity contribution in [3.05, 3.63) is 71.4 Å². The van der Waals surface area contributed by atoms with Crippen molar-refractivity contribution in [1.29, 1.82) is 0 Å². The van der Waals surface area contributed by atoms with Crippen LogP contribution in [0, 0.1) is 6.92 Å². The third kappa shape index (κ3) is 4.35. The maximum atomic E-state index is 13.6. The highest BCUT2D eigenvalue weighted by molar-refractivity contribution is 6.12. The summed E-state index contributed by atoms with van der Waals surface area (Å²) in [5, 5.41) is 8.48. The number of nitrogens with one attached hydrogen (secondary N) is 1. The summed E-state index contributed by atoms with van der Waals surface area (Å²) >= 11 is 0. The molecular formula is C26H28N6O2. The minimum atomic E-state index is -0.260. The molecule has 4 heterocycles. The van der Waals surface area contributed by atoms with Crippen molar-refractivity contribution in [3.8, 4) is 5.75 Å². The molecule has 34 heavy (non-hydrogen) atoms. The van der Waals surface area contributed by atoms with Gasteiger partial charge in [-0.05, 0) is 76.4 Å². The van der Waals surface area contributed by atoms with E-state index >= 15 is 0 Å². The molecule has 4 aromatic rings. The van der Waals surface area contributed by atoms with E-state index in [1.807, 2.05) is 29.8 Å². The van der Waals surface area contributed by atoms with Crippen LogP contribution in [0.5, 0.6) is 5.75 Å². The molecule has 0 radical (unpaired) electrons. The molecule has 0 aromatic carbocycles. The van der Waals surface area contributed by atoms with Crippen LogP contribution < -0.4 is 10.1 Å². The van der Waals surface area contributed by atoms with Crippen molar-refractivity contribution in [3.63, 3.8) is 0 Å². The van der Waals surface area contributed by atoms with Crippen LogP contribution in [0.2, 0.25) is 0 Å². The molecule has 174 valence electrons. The predicted molar refractivity (Wildman–Crippen MR) is 130 cm³/mol. The maximum Gasteiger partial charge on any atom is 0.257 e. The Kier molecular flexibility index (Phi) is 5.51. The zero-order chi connectivity index (χ0) is 23.9. The monoisotopic (exact) mass is 456 g/mol. The van der Waals surface area contributed by atoms with Gasteiger partial charge in [-0.3, -0.25) is 9.78 Å². The van der Waals surface area contributed by atoms with Crippen molar-refractivity contribution < 1.29 is 9.53 Å². The van der Waals surface area contributed by atoms with Gasteiger partial charge in [-0.2, -0.15) is 5.10 Å². The number of carbonyl (C=O) groups excluding carboxylic acids is 1. The fourth-order valence-electron chi connectivity index (χ4n) is 3.96. The summed E-state index contributed by atoms with van der Waals surface area (Å²) in [6.45, 7) is 8.53. The van der Waals surface area contributed by atoms with E-state index in [1.165, 1.54) is 0 Å². The first-order chi connectivity index (χ1) is 16.3. The van der Waals surface area contributed by atoms with Crippen molar-refractivity contribution in [1.82, 2.24) is 24.7 Å². The Morgan fingerprint density at radius 2 is 1.94 bits per heavy atom. The van der Waals surface area contributed by atoms with Crippen LogP contribution in [-0.2, 0) is 12.1 Å². The SMILES string of the molecule is Cc1nn(C(C)(C)C)c2nc(C3CC3)cc(C(=O)Nc3ncccc3OCc3ccncc3)c12. The molecule has 8 nitrogen and oxygen atoms in total. The molecule has 4 aromatic heterocycles. The van der Waals surface area contributed by atoms with Crippen LogP contribution in [0.15, 0.2) is 48.9 Å². The first-order valence-electron chi connectivity index (χ1n) is 11.5. The molecule has 0 bridgehead atoms. The normalized spacial score (nSPS) is 13.8. The van der Waals surface area contributed by atoms with E-state index in [2.05, 4.69) is 36.1 Å². The maximum absolute atomic E-state index is 13.6. The number of rotatable bonds is 6. The predicted octanol–water partition coefficient (Wildman–Crippen LogP) is 4.99. The van der Waals surface area contributed by atoms with Gasteiger partial charge >= 0.3 is 0 Å². The minimum Gasteiger partial charge on any atom is -0.485 e. The molecule has 1 aliphatic rings. The lowest BCUT2D eigenvalue weighted by molar-refractivity contribution is 0.102. The van der Waals surface area contributed by atoms with E-state index in [4.69, 9.17) is 14.8 Å². The minimum absolute atomic E-state index is 0.252. The van der Waals surface area contributed by atoms with E-state index in [9.17, 15) is 4.79 Å². The molecule has 1 N–H and O–H groups in total. The second-order valence-electron chi connectivity index (χ2n) is 9.68. The van der Waals surface area contributed by atoms with Crippen molar-refractivity contribution in [2.75, 3.05) is 5.32 Å². The lowest BCUT2D eigenvalue weighted by Gasteiger charge is -2.20. The van der Waals surface area contributed by atoms with Gasteiger partial charge in [0.1, 0.15) is 6.61 Å². The Labute approximate surface area is 198 Å². The zero-order valence-corrected chi connectivity index (χ0v) is 19.9. The zero-order valence-electron chi connectivity index (χ0n) is 19.9. The molecule has 1 aliphatic carbocycles. The number of carbonyl (C=O) groups is 1. The number of aromatic nitrogens is 5. The molecule has 0 atom stereocenters. The molecule has 0 aliphatic heterocycles. The molecule has 0 spiro atoms. The number of pyridine rings is 3. The molecule has 1 fully saturated rings. The largest absolute Gasteiger partial charge is 0.485 e. The molecule has 8 heteroatoms. The van der Waals surface area contributed by atoms with Crippen molar-refractivity contribution in [2.24, 2.45) is 0 Å². The van der Waals surface area contributed by atoms with Gasteiger partial charge in [0, 0.05) is 30.2 Å². The summed E-state index contributed by atoms with van der Waals surface area (Å²) in [4.78, 5) is 26.9. The highest BCUT2D eigenvalue weighted by Crippen LogP contribution is 2.41. The van der Waals surface area contributed by atoms with Crippen molar-refractivity contribution in [2.45, 2.75) is 58.6 Å². The summed E-state index contributed by atoms with van der Waals surface area (Å²) in [6, 6.07) is 9.27. The standard InChI is InChI=1S/C26H28N6O2/c1-16-22-19(14-20(18-7-8-18)29-24(22)32(31-16)26(2,3)4)25(33)30-23-21(6-5-11-28-23)34-15-17-9-12-27-13-10-17/h5-6,9-14,18H,7-8,15H2,1-4H3,(H,28,30,33). The van der Waals surface area contributed by atoms with Gasteiger partial charge in [-0.15, -0.1) is 0 Å². The Morgan fingerprint density at radius 3 is 2.65 bits per heavy atom. The van der Waals surface area contributed by atoms with Gasteiger partial charge in [-0.25, -0.2) is 14.6 Å². The van der Waals surface area contributed by atoms with E-state index in [0.717, 1.165) is 40.8 Å². The molecule has 0 saturated heterocycles. The van der Waals surface area contributed by atoms with Crippen LogP contribution in [0.3, 0.4) is 0 Å². The molecule has 0 unspecified atom stereocenters. The highest BCUT2D eigenvalue weighted by Gasteiger charge is 2.30. The number of hydrogen-bond acceptors (Lipinski definition) is 6. The van der Waals surface area contributed by atoms with Gasteiger partial charge in [0.05, 0.1) is 22.2 Å². The first-order valence-corrected chi connectivity index (χ1v) is 11.5. The number of amides is 1. The number of hydrogen-bond donors (Lipinski definition) is 1. The van der Waals surface area contributed by atoms with Crippen LogP contribution in [0.4, 0.5) is 5.82 Å². The van der Waals surface area contributed by atoms with Gasteiger partial charge in [0.25, 0.3) is 5.91 Å². The smallest absolute Gasteiger partial charge is 0.257 e. The van der Waals surface area contributed by atoms with Crippen molar-refractivity contribution >= 4 is 22.8 Å². The van der Waals surface area contributed by atoms with Crippen LogP contribution in [-0.4, -0.2) is 30.6 Å². The first kappa shape index (κ1) is 22.0. The average molecular weight is 457 g/mol. The van der Waals surface area contributed by atoms with E-state index in [0.29, 0.717) is 29.7 Å². The van der Waals surface area contributed by atoms with E-state index in [-0.39, 0.29) is 11.4 Å². The molecular weight excluding hydrogens is 428 g/mol. The Bertz CT molecular complexity index is 1350. The van der Waals surface area contributed by atoms with Crippen LogP contribution in [0.1, 0.15) is 66.8 Å². The second-order valence-corrected chi connectivity index (χ2v) is 9.68. The average Bonchev–Trinajstić information content (AvgIpc) is 3.61. The lowest BCUT2D eigenvalue weighted by atomic mass is 10.1. The molecule has 1 amide bonds. The van der Waals surface area contributed by atoms with Gasteiger partial charge in [0.15, 0.2) is 17.2 Å². The Balaban J connectivity index is 1.49. The van der Waals surface area contributed by atoms with Gasteiger partial charge in [0.2, 0.25) is 0 Å². The van der Waals surface area contributed by atoms with Crippen LogP contribution in [0.25, 0.3) is 11.0 Å². The fraction of sp³-hybridized carbons (Fsp3) is 0.346. The summed E-state index contributed by atoms with van der Waals surface area (Å²) in [7, 11) is 0. The molecule has 5 rings (SSSR count). The van der Waals surface area contributed by atoms with E-state index < -0.39 is 0 Å². The number of aryl methyl sites for hydroxylation is 1. The summed E-state index contributed by atoms with van der Waals surface area (Å²) in [6.07, 6.45) is 7.26. The quantitative estimate of drug-likeness (QED) is 0.439. The highest BCUT2D eigenvalue weighted by atomic mass is 16.5. The third-order valence-corrected chi connectivity index (χ3v) is 5.85. The lowest BCUT2D eigenvalue weighted by Crippen LogP contribution is -2.24. The number of ether oxygens (including phenoxy) is 1.